The lowest BCUT2D eigenvalue weighted by Gasteiger charge is -2.37. The van der Waals surface area contributed by atoms with Crippen molar-refractivity contribution in [3.05, 3.63) is 35.4 Å². The summed E-state index contributed by atoms with van der Waals surface area (Å²) < 4.78 is 0. The summed E-state index contributed by atoms with van der Waals surface area (Å²) in [5.74, 6) is 0. The summed E-state index contributed by atoms with van der Waals surface area (Å²) in [5, 5.41) is 3.20. The molecule has 1 aromatic carbocycles. The maximum absolute atomic E-state index is 3.20. The van der Waals surface area contributed by atoms with Crippen molar-refractivity contribution in [3.8, 4) is 0 Å². The molecule has 1 heterocycles. The number of rotatable bonds is 7. The van der Waals surface area contributed by atoms with Gasteiger partial charge in [-0.15, -0.1) is 0 Å². The van der Waals surface area contributed by atoms with Crippen molar-refractivity contribution < 1.29 is 0 Å². The average Bonchev–Trinajstić information content (AvgIpc) is 2.54. The molecule has 1 aliphatic rings. The molecule has 0 aromatic heterocycles. The summed E-state index contributed by atoms with van der Waals surface area (Å²) in [5.41, 5.74) is 2.87. The fourth-order valence-corrected chi connectivity index (χ4v) is 2.96. The molecule has 1 aliphatic heterocycles. The van der Waals surface area contributed by atoms with Crippen LogP contribution in [-0.4, -0.2) is 55.6 Å². The first kappa shape index (κ1) is 16.5. The van der Waals surface area contributed by atoms with Crippen LogP contribution in [0, 0.1) is 0 Å². The second kappa shape index (κ2) is 8.52. The molecule has 21 heavy (non-hydrogen) atoms. The van der Waals surface area contributed by atoms with Crippen molar-refractivity contribution in [2.75, 3.05) is 39.8 Å². The molecule has 0 spiro atoms. The van der Waals surface area contributed by atoms with Crippen LogP contribution in [0.5, 0.6) is 0 Å². The van der Waals surface area contributed by atoms with E-state index in [-0.39, 0.29) is 0 Å². The van der Waals surface area contributed by atoms with E-state index in [4.69, 9.17) is 0 Å². The Bertz CT molecular complexity index is 393. The summed E-state index contributed by atoms with van der Waals surface area (Å²) in [6.07, 6.45) is 2.37. The van der Waals surface area contributed by atoms with Crippen LogP contribution in [0.15, 0.2) is 24.3 Å². The molecule has 1 aromatic rings. The molecule has 1 fully saturated rings. The Morgan fingerprint density at radius 2 is 1.67 bits per heavy atom. The number of hydrogen-bond acceptors (Lipinski definition) is 3. The first-order chi connectivity index (χ1) is 10.2. The fraction of sp³-hybridized carbons (Fsp3) is 0.667. The van der Waals surface area contributed by atoms with E-state index < -0.39 is 0 Å². The molecule has 3 nitrogen and oxygen atoms in total. The van der Waals surface area contributed by atoms with Crippen LogP contribution in [0.25, 0.3) is 0 Å². The van der Waals surface area contributed by atoms with Crippen LogP contribution < -0.4 is 5.32 Å². The summed E-state index contributed by atoms with van der Waals surface area (Å²) >= 11 is 0. The lowest BCUT2D eigenvalue weighted by atomic mass is 10.1. The zero-order valence-electron chi connectivity index (χ0n) is 13.9. The summed E-state index contributed by atoms with van der Waals surface area (Å²) in [4.78, 5) is 5.21. The molecule has 118 valence electrons. The Balaban J connectivity index is 1.78. The minimum Gasteiger partial charge on any atom is -0.319 e. The smallest absolute Gasteiger partial charge is 0.0234 e. The van der Waals surface area contributed by atoms with Crippen LogP contribution in [-0.2, 0) is 13.0 Å². The Labute approximate surface area is 130 Å². The van der Waals surface area contributed by atoms with E-state index in [9.17, 15) is 0 Å². The van der Waals surface area contributed by atoms with Gasteiger partial charge in [0.15, 0.2) is 0 Å². The number of piperazine rings is 1. The van der Waals surface area contributed by atoms with E-state index in [0.29, 0.717) is 0 Å². The highest BCUT2D eigenvalue weighted by Gasteiger charge is 2.19. The third kappa shape index (κ3) is 5.10. The maximum atomic E-state index is 3.20. The fourth-order valence-electron chi connectivity index (χ4n) is 2.96. The lowest BCUT2D eigenvalue weighted by Crippen LogP contribution is -2.48. The van der Waals surface area contributed by atoms with Gasteiger partial charge in [0, 0.05) is 38.8 Å². The SMILES string of the molecule is CCC(C)N1CCN(Cc2ccc(CCNC)cc2)CC1. The van der Waals surface area contributed by atoms with Crippen LogP contribution in [0.1, 0.15) is 31.4 Å². The Hall–Kier alpha value is -0.900. The highest BCUT2D eigenvalue weighted by atomic mass is 15.3. The van der Waals surface area contributed by atoms with Gasteiger partial charge >= 0.3 is 0 Å². The molecule has 1 unspecified atom stereocenters. The lowest BCUT2D eigenvalue weighted by molar-refractivity contribution is 0.0964. The number of nitrogens with one attached hydrogen (secondary N) is 1. The zero-order valence-corrected chi connectivity index (χ0v) is 13.9. The van der Waals surface area contributed by atoms with Gasteiger partial charge in [-0.05, 0) is 44.5 Å². The monoisotopic (exact) mass is 289 g/mol. The van der Waals surface area contributed by atoms with Gasteiger partial charge in [-0.3, -0.25) is 9.80 Å². The van der Waals surface area contributed by atoms with E-state index in [0.717, 1.165) is 25.6 Å². The van der Waals surface area contributed by atoms with Crippen molar-refractivity contribution in [1.82, 2.24) is 15.1 Å². The van der Waals surface area contributed by atoms with Crippen LogP contribution in [0.2, 0.25) is 0 Å². The topological polar surface area (TPSA) is 18.5 Å². The molecule has 1 saturated heterocycles. The van der Waals surface area contributed by atoms with Crippen molar-refractivity contribution in [3.63, 3.8) is 0 Å². The third-order valence-corrected chi connectivity index (χ3v) is 4.71. The van der Waals surface area contributed by atoms with E-state index in [2.05, 4.69) is 53.2 Å². The first-order valence-corrected chi connectivity index (χ1v) is 8.41. The van der Waals surface area contributed by atoms with E-state index in [1.807, 2.05) is 7.05 Å². The third-order valence-electron chi connectivity index (χ3n) is 4.71. The highest BCUT2D eigenvalue weighted by Crippen LogP contribution is 2.13. The molecule has 0 radical (unpaired) electrons. The van der Waals surface area contributed by atoms with E-state index >= 15 is 0 Å². The average molecular weight is 289 g/mol. The Morgan fingerprint density at radius 1 is 1.05 bits per heavy atom. The Kier molecular flexibility index (Phi) is 6.68. The second-order valence-corrected chi connectivity index (χ2v) is 6.24. The largest absolute Gasteiger partial charge is 0.319 e. The van der Waals surface area contributed by atoms with Gasteiger partial charge in [-0.1, -0.05) is 31.2 Å². The number of nitrogens with zero attached hydrogens (tertiary/aromatic N) is 2. The van der Waals surface area contributed by atoms with Gasteiger partial charge in [0.1, 0.15) is 0 Å². The van der Waals surface area contributed by atoms with Crippen molar-refractivity contribution in [2.45, 2.75) is 39.3 Å². The molecule has 2 rings (SSSR count). The molecule has 0 bridgehead atoms. The first-order valence-electron chi connectivity index (χ1n) is 8.41. The molecule has 0 saturated carbocycles. The van der Waals surface area contributed by atoms with E-state index in [1.54, 1.807) is 0 Å². The van der Waals surface area contributed by atoms with Gasteiger partial charge in [-0.2, -0.15) is 0 Å². The molecule has 1 N–H and O–H groups in total. The van der Waals surface area contributed by atoms with Gasteiger partial charge < -0.3 is 5.32 Å². The molecule has 1 atom stereocenters. The maximum Gasteiger partial charge on any atom is 0.0234 e. The quantitative estimate of drug-likeness (QED) is 0.831. The predicted octanol–water partition coefficient (Wildman–Crippen LogP) is 2.36. The van der Waals surface area contributed by atoms with Crippen molar-refractivity contribution in [1.29, 1.82) is 0 Å². The molecular weight excluding hydrogens is 258 g/mol. The van der Waals surface area contributed by atoms with Crippen molar-refractivity contribution in [2.24, 2.45) is 0 Å². The normalized spacial score (nSPS) is 18.8. The minimum atomic E-state index is 0.735. The summed E-state index contributed by atoms with van der Waals surface area (Å²) in [7, 11) is 2.01. The van der Waals surface area contributed by atoms with Gasteiger partial charge in [0.25, 0.3) is 0 Å². The number of benzene rings is 1. The highest BCUT2D eigenvalue weighted by molar-refractivity contribution is 5.22. The van der Waals surface area contributed by atoms with Gasteiger partial charge in [0.2, 0.25) is 0 Å². The van der Waals surface area contributed by atoms with Crippen LogP contribution in [0.4, 0.5) is 0 Å². The van der Waals surface area contributed by atoms with Crippen LogP contribution >= 0.6 is 0 Å². The number of likely N-dealkylation sites (N-methyl/N-ethyl adjacent to an activating group) is 1. The molecule has 0 aliphatic carbocycles. The Morgan fingerprint density at radius 3 is 2.24 bits per heavy atom. The molecule has 3 heteroatoms. The van der Waals surface area contributed by atoms with Gasteiger partial charge in [-0.25, -0.2) is 0 Å². The standard InChI is InChI=1S/C18H31N3/c1-4-16(2)21-13-11-20(12-14-21)15-18-7-5-17(6-8-18)9-10-19-3/h5-8,16,19H,4,9-15H2,1-3H3. The van der Waals surface area contributed by atoms with Gasteiger partial charge in [0.05, 0.1) is 0 Å². The molecular formula is C18H31N3. The second-order valence-electron chi connectivity index (χ2n) is 6.24. The number of hydrogen-bond donors (Lipinski definition) is 1. The summed E-state index contributed by atoms with van der Waals surface area (Å²) in [6.45, 7) is 11.6. The van der Waals surface area contributed by atoms with E-state index in [1.165, 1.54) is 43.7 Å². The minimum absolute atomic E-state index is 0.735. The molecule has 0 amide bonds. The van der Waals surface area contributed by atoms with Crippen molar-refractivity contribution >= 4 is 0 Å². The zero-order chi connectivity index (χ0) is 15.1. The van der Waals surface area contributed by atoms with Crippen LogP contribution in [0.3, 0.4) is 0 Å². The predicted molar refractivity (Wildman–Crippen MR) is 90.7 cm³/mol. The summed E-state index contributed by atoms with van der Waals surface area (Å²) in [6, 6.07) is 9.89.